The van der Waals surface area contributed by atoms with Gasteiger partial charge in [-0.15, -0.1) is 0 Å². The zero-order valence-corrected chi connectivity index (χ0v) is 9.88. The predicted molar refractivity (Wildman–Crippen MR) is 60.5 cm³/mol. The van der Waals surface area contributed by atoms with E-state index in [-0.39, 0.29) is 0 Å². The van der Waals surface area contributed by atoms with Crippen LogP contribution in [0.15, 0.2) is 0 Å². The van der Waals surface area contributed by atoms with Crippen LogP contribution in [-0.2, 0) is 4.74 Å². The van der Waals surface area contributed by atoms with Crippen molar-refractivity contribution in [1.29, 1.82) is 5.26 Å². The van der Waals surface area contributed by atoms with E-state index in [4.69, 9.17) is 4.74 Å². The van der Waals surface area contributed by atoms with Crippen molar-refractivity contribution < 1.29 is 4.74 Å². The van der Waals surface area contributed by atoms with E-state index in [1.807, 2.05) is 6.92 Å². The molecule has 1 fully saturated rings. The molecule has 1 aliphatic carbocycles. The second-order valence-electron chi connectivity index (χ2n) is 4.29. The van der Waals surface area contributed by atoms with Crippen molar-refractivity contribution in [2.45, 2.75) is 45.1 Å². The highest BCUT2D eigenvalue weighted by atomic mass is 16.5. The van der Waals surface area contributed by atoms with Crippen molar-refractivity contribution in [1.82, 2.24) is 5.32 Å². The van der Waals surface area contributed by atoms with Crippen LogP contribution in [0.5, 0.6) is 0 Å². The molecule has 0 bridgehead atoms. The van der Waals surface area contributed by atoms with Gasteiger partial charge in [-0.2, -0.15) is 5.26 Å². The summed E-state index contributed by atoms with van der Waals surface area (Å²) in [6.07, 6.45) is 4.55. The van der Waals surface area contributed by atoms with Crippen LogP contribution < -0.4 is 5.32 Å². The highest BCUT2D eigenvalue weighted by molar-refractivity contribution is 5.15. The largest absolute Gasteiger partial charge is 0.378 e. The van der Waals surface area contributed by atoms with E-state index in [1.165, 1.54) is 0 Å². The molecule has 1 atom stereocenters. The number of rotatable bonds is 8. The first-order valence-corrected chi connectivity index (χ1v) is 6.03. The van der Waals surface area contributed by atoms with Crippen LogP contribution in [0.2, 0.25) is 0 Å². The topological polar surface area (TPSA) is 45.0 Å². The molecule has 86 valence electrons. The summed E-state index contributed by atoms with van der Waals surface area (Å²) >= 11 is 0. The van der Waals surface area contributed by atoms with Gasteiger partial charge in [-0.3, -0.25) is 5.32 Å². The second-order valence-corrected chi connectivity index (χ2v) is 4.29. The van der Waals surface area contributed by atoms with Crippen LogP contribution >= 0.6 is 0 Å². The standard InChI is InChI=1S/C12H22N2O/c1-3-5-8-15-10-12(9-13,14-4-2)11-6-7-11/h11,14H,3-8,10H2,1-2H3. The Morgan fingerprint density at radius 3 is 2.67 bits per heavy atom. The molecule has 1 aliphatic rings. The smallest absolute Gasteiger partial charge is 0.133 e. The molecule has 0 aromatic rings. The minimum atomic E-state index is -0.414. The summed E-state index contributed by atoms with van der Waals surface area (Å²) in [7, 11) is 0. The lowest BCUT2D eigenvalue weighted by atomic mass is 9.96. The highest BCUT2D eigenvalue weighted by Crippen LogP contribution is 2.39. The lowest BCUT2D eigenvalue weighted by Gasteiger charge is -2.27. The number of nitrogens with one attached hydrogen (secondary N) is 1. The molecule has 1 N–H and O–H groups in total. The van der Waals surface area contributed by atoms with Gasteiger partial charge in [0.05, 0.1) is 12.7 Å². The van der Waals surface area contributed by atoms with Gasteiger partial charge >= 0.3 is 0 Å². The van der Waals surface area contributed by atoms with Crippen LogP contribution in [0.25, 0.3) is 0 Å². The third-order valence-electron chi connectivity index (χ3n) is 2.94. The number of unbranched alkanes of at least 4 members (excludes halogenated alkanes) is 1. The van der Waals surface area contributed by atoms with Crippen LogP contribution in [0, 0.1) is 17.2 Å². The average molecular weight is 210 g/mol. The average Bonchev–Trinajstić information content (AvgIpc) is 3.07. The molecular weight excluding hydrogens is 188 g/mol. The lowest BCUT2D eigenvalue weighted by Crippen LogP contribution is -2.50. The van der Waals surface area contributed by atoms with Gasteiger partial charge in [0, 0.05) is 6.61 Å². The summed E-state index contributed by atoms with van der Waals surface area (Å²) in [5.41, 5.74) is -0.414. The molecule has 0 aromatic carbocycles. The number of ether oxygens (including phenoxy) is 1. The Labute approximate surface area is 92.8 Å². The monoisotopic (exact) mass is 210 g/mol. The van der Waals surface area contributed by atoms with E-state index in [9.17, 15) is 5.26 Å². The Morgan fingerprint density at radius 1 is 1.47 bits per heavy atom. The van der Waals surface area contributed by atoms with E-state index >= 15 is 0 Å². The molecule has 0 saturated heterocycles. The first-order valence-electron chi connectivity index (χ1n) is 6.03. The van der Waals surface area contributed by atoms with Crippen molar-refractivity contribution in [2.75, 3.05) is 19.8 Å². The molecule has 1 rings (SSSR count). The molecule has 1 saturated carbocycles. The van der Waals surface area contributed by atoms with E-state index < -0.39 is 5.54 Å². The summed E-state index contributed by atoms with van der Waals surface area (Å²) in [5.74, 6) is 0.504. The maximum atomic E-state index is 9.28. The molecule has 0 aliphatic heterocycles. The summed E-state index contributed by atoms with van der Waals surface area (Å²) in [4.78, 5) is 0. The fourth-order valence-corrected chi connectivity index (χ4v) is 1.85. The zero-order valence-electron chi connectivity index (χ0n) is 9.88. The number of likely N-dealkylation sites (N-methyl/N-ethyl adjacent to an activating group) is 1. The Balaban J connectivity index is 2.38. The maximum Gasteiger partial charge on any atom is 0.133 e. The van der Waals surface area contributed by atoms with Gasteiger partial charge in [-0.25, -0.2) is 0 Å². The third-order valence-corrected chi connectivity index (χ3v) is 2.94. The summed E-state index contributed by atoms with van der Waals surface area (Å²) in [5, 5.41) is 12.6. The molecule has 3 heteroatoms. The van der Waals surface area contributed by atoms with Crippen molar-refractivity contribution in [3.63, 3.8) is 0 Å². The fraction of sp³-hybridized carbons (Fsp3) is 0.917. The molecule has 0 spiro atoms. The summed E-state index contributed by atoms with van der Waals surface area (Å²) in [6.45, 7) is 6.34. The normalized spacial score (nSPS) is 19.5. The minimum Gasteiger partial charge on any atom is -0.378 e. The summed E-state index contributed by atoms with van der Waals surface area (Å²) < 4.78 is 5.60. The minimum absolute atomic E-state index is 0.414. The predicted octanol–water partition coefficient (Wildman–Crippen LogP) is 2.08. The van der Waals surface area contributed by atoms with E-state index in [2.05, 4.69) is 18.3 Å². The molecule has 1 unspecified atom stereocenters. The molecule has 0 heterocycles. The van der Waals surface area contributed by atoms with Gasteiger partial charge in [-0.1, -0.05) is 20.3 Å². The molecule has 15 heavy (non-hydrogen) atoms. The first-order chi connectivity index (χ1) is 7.29. The van der Waals surface area contributed by atoms with Crippen molar-refractivity contribution in [3.8, 4) is 6.07 Å². The Morgan fingerprint density at radius 2 is 2.20 bits per heavy atom. The quantitative estimate of drug-likeness (QED) is 0.624. The van der Waals surface area contributed by atoms with Gasteiger partial charge in [0.1, 0.15) is 5.54 Å². The number of hydrogen-bond donors (Lipinski definition) is 1. The van der Waals surface area contributed by atoms with Crippen LogP contribution in [0.4, 0.5) is 0 Å². The van der Waals surface area contributed by atoms with Crippen LogP contribution in [0.3, 0.4) is 0 Å². The molecule has 0 radical (unpaired) electrons. The summed E-state index contributed by atoms with van der Waals surface area (Å²) in [6, 6.07) is 2.42. The van der Waals surface area contributed by atoms with Gasteiger partial charge in [0.25, 0.3) is 0 Å². The van der Waals surface area contributed by atoms with Gasteiger partial charge < -0.3 is 4.74 Å². The van der Waals surface area contributed by atoms with Gasteiger partial charge in [-0.05, 0) is 31.7 Å². The Hall–Kier alpha value is -0.590. The molecule has 3 nitrogen and oxygen atoms in total. The highest BCUT2D eigenvalue weighted by Gasteiger charge is 2.45. The van der Waals surface area contributed by atoms with Gasteiger partial charge in [0.2, 0.25) is 0 Å². The van der Waals surface area contributed by atoms with Crippen molar-refractivity contribution >= 4 is 0 Å². The fourth-order valence-electron chi connectivity index (χ4n) is 1.85. The lowest BCUT2D eigenvalue weighted by molar-refractivity contribution is 0.0796. The molecule has 0 amide bonds. The molecular formula is C12H22N2O. The van der Waals surface area contributed by atoms with E-state index in [0.717, 1.165) is 38.8 Å². The van der Waals surface area contributed by atoms with Crippen LogP contribution in [0.1, 0.15) is 39.5 Å². The SMILES string of the molecule is CCCCOCC(C#N)(NCC)C1CC1. The maximum absolute atomic E-state index is 9.28. The first kappa shape index (κ1) is 12.5. The van der Waals surface area contributed by atoms with Crippen LogP contribution in [-0.4, -0.2) is 25.3 Å². The molecule has 0 aromatic heterocycles. The third kappa shape index (κ3) is 3.48. The second kappa shape index (κ2) is 6.09. The van der Waals surface area contributed by atoms with Gasteiger partial charge in [0.15, 0.2) is 0 Å². The van der Waals surface area contributed by atoms with E-state index in [1.54, 1.807) is 0 Å². The van der Waals surface area contributed by atoms with E-state index in [0.29, 0.717) is 12.5 Å². The number of nitrogens with zero attached hydrogens (tertiary/aromatic N) is 1. The van der Waals surface area contributed by atoms with Crippen molar-refractivity contribution in [3.05, 3.63) is 0 Å². The Bertz CT molecular complexity index is 220. The zero-order chi connectivity index (χ0) is 11.1. The number of hydrogen-bond acceptors (Lipinski definition) is 3. The Kier molecular flexibility index (Phi) is 5.07. The van der Waals surface area contributed by atoms with Crippen molar-refractivity contribution in [2.24, 2.45) is 5.92 Å². The number of nitriles is 1.